The van der Waals surface area contributed by atoms with E-state index in [1.165, 1.54) is 11.8 Å². The topological polar surface area (TPSA) is 133 Å². The zero-order valence-electron chi connectivity index (χ0n) is 23.6. The summed E-state index contributed by atoms with van der Waals surface area (Å²) in [6.07, 6.45) is 6.89. The molecule has 0 saturated carbocycles. The highest BCUT2D eigenvalue weighted by atomic mass is 32.2. The summed E-state index contributed by atoms with van der Waals surface area (Å²) in [5.41, 5.74) is 3.52. The maximum absolute atomic E-state index is 12.0. The van der Waals surface area contributed by atoms with Gasteiger partial charge < -0.3 is 20.3 Å². The summed E-state index contributed by atoms with van der Waals surface area (Å²) in [5, 5.41) is 23.3. The van der Waals surface area contributed by atoms with Crippen molar-refractivity contribution in [3.63, 3.8) is 0 Å². The van der Waals surface area contributed by atoms with E-state index in [-0.39, 0.29) is 5.69 Å². The van der Waals surface area contributed by atoms with Crippen molar-refractivity contribution in [3.05, 3.63) is 75.9 Å². The van der Waals surface area contributed by atoms with E-state index in [2.05, 4.69) is 31.9 Å². The number of nitrogens with one attached hydrogen (secondary N) is 2. The molecular formula is C30H31N7O3S. The van der Waals surface area contributed by atoms with Gasteiger partial charge in [-0.15, -0.1) is 10.2 Å². The van der Waals surface area contributed by atoms with Crippen LogP contribution in [-0.4, -0.2) is 60.1 Å². The van der Waals surface area contributed by atoms with Gasteiger partial charge in [0, 0.05) is 48.9 Å². The number of allylic oxidation sites excluding steroid dienone is 3. The summed E-state index contributed by atoms with van der Waals surface area (Å²) in [4.78, 5) is 31.4. The number of aldehydes is 1. The highest BCUT2D eigenvalue weighted by molar-refractivity contribution is 8.07. The number of nitrogens with zero attached hydrogens (tertiary/aromatic N) is 5. The number of aromatic nitrogens is 3. The zero-order chi connectivity index (χ0) is 29.8. The van der Waals surface area contributed by atoms with Crippen molar-refractivity contribution in [2.75, 3.05) is 38.4 Å². The molecule has 0 spiro atoms. The Labute approximate surface area is 243 Å². The number of hydrogen-bond acceptors (Lipinski definition) is 11. The summed E-state index contributed by atoms with van der Waals surface area (Å²) in [7, 11) is 5.06. The van der Waals surface area contributed by atoms with E-state index >= 15 is 0 Å². The highest BCUT2D eigenvalue weighted by Gasteiger charge is 2.17. The fraction of sp³-hybridized carbons (Fsp3) is 0.233. The third kappa shape index (κ3) is 7.60. The molecule has 1 aromatic carbocycles. The summed E-state index contributed by atoms with van der Waals surface area (Å²) in [5.74, 6) is 3.06. The molecule has 0 radical (unpaired) electrons. The second kappa shape index (κ2) is 15.0. The molecule has 0 amide bonds. The van der Waals surface area contributed by atoms with E-state index in [1.54, 1.807) is 50.5 Å². The Kier molecular flexibility index (Phi) is 11.2. The van der Waals surface area contributed by atoms with Crippen LogP contribution in [0.2, 0.25) is 0 Å². The van der Waals surface area contributed by atoms with Crippen molar-refractivity contribution < 1.29 is 14.3 Å². The van der Waals surface area contributed by atoms with Crippen LogP contribution >= 0.6 is 11.8 Å². The van der Waals surface area contributed by atoms with Gasteiger partial charge in [-0.3, -0.25) is 9.78 Å². The first-order valence-corrected chi connectivity index (χ1v) is 13.5. The average Bonchev–Trinajstić information content (AvgIpc) is 3.00. The molecule has 2 aromatic heterocycles. The molecule has 3 rings (SSSR count). The van der Waals surface area contributed by atoms with Crippen LogP contribution in [-0.2, 0) is 4.79 Å². The lowest BCUT2D eigenvalue weighted by Gasteiger charge is -2.21. The van der Waals surface area contributed by atoms with E-state index in [4.69, 9.17) is 4.74 Å². The molecule has 0 fully saturated rings. The second-order valence-electron chi connectivity index (χ2n) is 8.59. The van der Waals surface area contributed by atoms with Gasteiger partial charge in [-0.1, -0.05) is 49.0 Å². The van der Waals surface area contributed by atoms with Crippen LogP contribution in [0.15, 0.2) is 64.6 Å². The Morgan fingerprint density at radius 1 is 1.22 bits per heavy atom. The summed E-state index contributed by atoms with van der Waals surface area (Å²) >= 11 is 1.38. The number of thioether (sulfide) groups is 1. The van der Waals surface area contributed by atoms with Crippen LogP contribution in [0.5, 0.6) is 5.75 Å². The third-order valence-electron chi connectivity index (χ3n) is 5.91. The van der Waals surface area contributed by atoms with Gasteiger partial charge in [0.1, 0.15) is 23.2 Å². The minimum absolute atomic E-state index is 0.157. The molecule has 2 heterocycles. The minimum Gasteiger partial charge on any atom is -0.494 e. The van der Waals surface area contributed by atoms with Crippen LogP contribution in [0.25, 0.3) is 16.8 Å². The Hall–Kier alpha value is -4.91. The molecule has 0 atom stereocenters. The SMILES string of the molecule is C/C=C(/C#N)S/C(=C/CC)CN(C)C(=C=O)c1ccc(-c2cccc(Nc3cc(NC)nnc3C=O)c2OC)cn1. The molecule has 0 aliphatic heterocycles. The van der Waals surface area contributed by atoms with Crippen LogP contribution < -0.4 is 15.4 Å². The van der Waals surface area contributed by atoms with Crippen molar-refractivity contribution in [2.24, 2.45) is 0 Å². The van der Waals surface area contributed by atoms with Gasteiger partial charge in [0.25, 0.3) is 0 Å². The van der Waals surface area contributed by atoms with Gasteiger partial charge in [-0.05, 0) is 25.5 Å². The summed E-state index contributed by atoms with van der Waals surface area (Å²) < 4.78 is 5.75. The molecule has 2 N–H and O–H groups in total. The summed E-state index contributed by atoms with van der Waals surface area (Å²) in [6, 6.07) is 13.0. The van der Waals surface area contributed by atoms with Gasteiger partial charge in [0.2, 0.25) is 0 Å². The van der Waals surface area contributed by atoms with Crippen molar-refractivity contribution in [2.45, 2.75) is 20.3 Å². The molecule has 0 aliphatic carbocycles. The minimum atomic E-state index is 0.157. The van der Waals surface area contributed by atoms with Crippen LogP contribution in [0.1, 0.15) is 36.5 Å². The average molecular weight is 570 g/mol. The van der Waals surface area contributed by atoms with E-state index in [0.29, 0.717) is 52.1 Å². The first-order chi connectivity index (χ1) is 19.9. The van der Waals surface area contributed by atoms with Crippen molar-refractivity contribution in [1.29, 1.82) is 5.26 Å². The van der Waals surface area contributed by atoms with Crippen molar-refractivity contribution in [1.82, 2.24) is 20.1 Å². The number of pyridine rings is 1. The monoisotopic (exact) mass is 569 g/mol. The number of methoxy groups -OCH3 is 1. The Balaban J connectivity index is 1.89. The Morgan fingerprint density at radius 3 is 2.61 bits per heavy atom. The van der Waals surface area contributed by atoms with Gasteiger partial charge in [-0.2, -0.15) is 5.26 Å². The van der Waals surface area contributed by atoms with Gasteiger partial charge in [0.15, 0.2) is 18.0 Å². The van der Waals surface area contributed by atoms with Crippen molar-refractivity contribution >= 4 is 46.9 Å². The number of benzene rings is 1. The number of ether oxygens (including phenoxy) is 1. The molecule has 0 saturated heterocycles. The lowest BCUT2D eigenvalue weighted by Crippen LogP contribution is -2.20. The smallest absolute Gasteiger partial charge is 0.172 e. The van der Waals surface area contributed by atoms with E-state index in [9.17, 15) is 14.9 Å². The van der Waals surface area contributed by atoms with Gasteiger partial charge >= 0.3 is 0 Å². The number of anilines is 3. The van der Waals surface area contributed by atoms with Gasteiger partial charge in [0.05, 0.1) is 29.1 Å². The maximum Gasteiger partial charge on any atom is 0.172 e. The molecule has 0 aliphatic rings. The summed E-state index contributed by atoms with van der Waals surface area (Å²) in [6.45, 7) is 4.27. The van der Waals surface area contributed by atoms with Crippen LogP contribution in [0.4, 0.5) is 17.2 Å². The second-order valence-corrected chi connectivity index (χ2v) is 9.76. The Morgan fingerprint density at radius 2 is 2.02 bits per heavy atom. The molecule has 210 valence electrons. The molecular weight excluding hydrogens is 538 g/mol. The number of nitriles is 1. The predicted octanol–water partition coefficient (Wildman–Crippen LogP) is 5.70. The van der Waals surface area contributed by atoms with E-state index in [1.807, 2.05) is 50.1 Å². The standard InChI is InChI=1S/C30H31N7O3S/c1-6-9-22(41-21(7-2)15-31)17-37(4)28(19-39)24-13-12-20(16-33-24)23-10-8-11-25(30(23)40-5)34-26-14-29(32-3)36-35-27(26)18-38/h7-14,16,18H,6,17H2,1-5H3,(H2,32,34,36)/b21-7-,22-9+. The quantitative estimate of drug-likeness (QED) is 0.149. The van der Waals surface area contributed by atoms with Crippen LogP contribution in [0, 0.1) is 11.3 Å². The van der Waals surface area contributed by atoms with E-state index in [0.717, 1.165) is 22.5 Å². The fourth-order valence-electron chi connectivity index (χ4n) is 3.92. The molecule has 0 bridgehead atoms. The highest BCUT2D eigenvalue weighted by Crippen LogP contribution is 2.38. The molecule has 3 aromatic rings. The number of hydrogen-bond donors (Lipinski definition) is 2. The lowest BCUT2D eigenvalue weighted by atomic mass is 10.0. The maximum atomic E-state index is 12.0. The number of para-hydroxylation sites is 1. The normalized spacial score (nSPS) is 11.2. The number of carbonyl (C=O) groups is 1. The molecule has 11 heteroatoms. The van der Waals surface area contributed by atoms with Crippen LogP contribution in [0.3, 0.4) is 0 Å². The third-order valence-corrected chi connectivity index (χ3v) is 7.02. The largest absolute Gasteiger partial charge is 0.494 e. The number of carbonyl (C=O) groups excluding carboxylic acids is 2. The number of rotatable bonds is 13. The van der Waals surface area contributed by atoms with E-state index < -0.39 is 0 Å². The first-order valence-electron chi connectivity index (χ1n) is 12.7. The Bertz CT molecular complexity index is 1540. The predicted molar refractivity (Wildman–Crippen MR) is 164 cm³/mol. The molecule has 0 unspecified atom stereocenters. The molecule has 10 nitrogen and oxygen atoms in total. The lowest BCUT2D eigenvalue weighted by molar-refractivity contribution is 0.111. The number of likely N-dealkylation sites (N-methyl/N-ethyl adjacent to an activating group) is 1. The van der Waals surface area contributed by atoms with Gasteiger partial charge in [-0.25, -0.2) is 4.79 Å². The zero-order valence-corrected chi connectivity index (χ0v) is 24.4. The fourth-order valence-corrected chi connectivity index (χ4v) is 4.88. The van der Waals surface area contributed by atoms with Crippen molar-refractivity contribution in [3.8, 4) is 22.9 Å². The molecule has 41 heavy (non-hydrogen) atoms. The first kappa shape index (κ1) is 30.6.